The van der Waals surface area contributed by atoms with Crippen molar-refractivity contribution in [2.45, 2.75) is 30.6 Å². The van der Waals surface area contributed by atoms with Gasteiger partial charge in [0.15, 0.2) is 0 Å². The molecule has 1 heterocycles. The minimum absolute atomic E-state index is 0.125. The van der Waals surface area contributed by atoms with E-state index in [0.717, 1.165) is 45.6 Å². The van der Waals surface area contributed by atoms with Gasteiger partial charge in [-0.25, -0.2) is 4.79 Å². The maximum Gasteiger partial charge on any atom is 0.335 e. The number of thioether (sulfide) groups is 1. The standard InChI is InChI=1S/C30H26O3S/c1-30(2)15-16-34-28-14-10-23(18-27(28)30)26-17-22(19-3-5-21(6-4-19)29(32)33)9-13-25(26)20-7-11-24(31)12-8-20/h3-14,17-18,31H,15-16H2,1-2H3,(H,32,33). The lowest BCUT2D eigenvalue weighted by Gasteiger charge is -2.32. The number of carbonyl (C=O) groups is 1. The second kappa shape index (κ2) is 8.69. The number of aromatic carboxylic acids is 1. The zero-order valence-electron chi connectivity index (χ0n) is 19.2. The van der Waals surface area contributed by atoms with Gasteiger partial charge in [0, 0.05) is 4.90 Å². The zero-order valence-corrected chi connectivity index (χ0v) is 20.0. The summed E-state index contributed by atoms with van der Waals surface area (Å²) in [5, 5.41) is 19.0. The molecule has 0 spiro atoms. The molecule has 4 aromatic rings. The van der Waals surface area contributed by atoms with Crippen LogP contribution in [0.3, 0.4) is 0 Å². The van der Waals surface area contributed by atoms with Gasteiger partial charge in [-0.05, 0) is 99.0 Å². The smallest absolute Gasteiger partial charge is 0.335 e. The van der Waals surface area contributed by atoms with Gasteiger partial charge in [-0.3, -0.25) is 0 Å². The van der Waals surface area contributed by atoms with E-state index in [2.05, 4.69) is 50.2 Å². The molecule has 4 heteroatoms. The number of phenolic OH excluding ortho intramolecular Hbond substituents is 1. The highest BCUT2D eigenvalue weighted by Gasteiger charge is 2.28. The van der Waals surface area contributed by atoms with E-state index in [1.165, 1.54) is 10.5 Å². The van der Waals surface area contributed by atoms with Crippen LogP contribution in [0.2, 0.25) is 0 Å². The van der Waals surface area contributed by atoms with Crippen LogP contribution >= 0.6 is 11.8 Å². The molecule has 0 bridgehead atoms. The van der Waals surface area contributed by atoms with Gasteiger partial charge in [0.1, 0.15) is 5.75 Å². The number of hydrogen-bond acceptors (Lipinski definition) is 3. The summed E-state index contributed by atoms with van der Waals surface area (Å²) in [7, 11) is 0. The van der Waals surface area contributed by atoms with Crippen LogP contribution in [0.1, 0.15) is 36.2 Å². The normalized spacial score (nSPS) is 14.4. The maximum atomic E-state index is 11.3. The number of carboxylic acids is 1. The highest BCUT2D eigenvalue weighted by molar-refractivity contribution is 7.99. The predicted octanol–water partition coefficient (Wildman–Crippen LogP) is 7.86. The molecule has 0 amide bonds. The summed E-state index contributed by atoms with van der Waals surface area (Å²) in [5.41, 5.74) is 8.17. The molecular weight excluding hydrogens is 440 g/mol. The first-order valence-electron chi connectivity index (χ1n) is 11.4. The average Bonchev–Trinajstić information content (AvgIpc) is 2.84. The summed E-state index contributed by atoms with van der Waals surface area (Å²) in [6, 6.07) is 27.4. The second-order valence-electron chi connectivity index (χ2n) is 9.38. The molecule has 0 fully saturated rings. The maximum absolute atomic E-state index is 11.3. The summed E-state index contributed by atoms with van der Waals surface area (Å²) >= 11 is 1.92. The molecule has 3 nitrogen and oxygen atoms in total. The van der Waals surface area contributed by atoms with Crippen LogP contribution in [0.4, 0.5) is 0 Å². The van der Waals surface area contributed by atoms with E-state index in [1.807, 2.05) is 36.0 Å². The molecule has 2 N–H and O–H groups in total. The van der Waals surface area contributed by atoms with Crippen LogP contribution < -0.4 is 0 Å². The van der Waals surface area contributed by atoms with Gasteiger partial charge in [-0.2, -0.15) is 0 Å². The van der Waals surface area contributed by atoms with E-state index < -0.39 is 5.97 Å². The number of fused-ring (bicyclic) bond motifs is 1. The molecular formula is C30H26O3S. The third kappa shape index (κ3) is 4.22. The third-order valence-corrected chi connectivity index (χ3v) is 7.74. The molecule has 0 atom stereocenters. The first-order valence-corrected chi connectivity index (χ1v) is 12.4. The van der Waals surface area contributed by atoms with Crippen molar-refractivity contribution in [3.63, 3.8) is 0 Å². The highest BCUT2D eigenvalue weighted by Crippen LogP contribution is 2.44. The fourth-order valence-electron chi connectivity index (χ4n) is 4.56. The van der Waals surface area contributed by atoms with E-state index in [9.17, 15) is 15.0 Å². The number of carboxylic acid groups (broad SMARTS) is 1. The van der Waals surface area contributed by atoms with Crippen molar-refractivity contribution >= 4 is 17.7 Å². The van der Waals surface area contributed by atoms with Gasteiger partial charge in [0.2, 0.25) is 0 Å². The van der Waals surface area contributed by atoms with E-state index in [4.69, 9.17) is 0 Å². The Labute approximate surface area is 204 Å². The molecule has 0 saturated heterocycles. The Morgan fingerprint density at radius 3 is 2.12 bits per heavy atom. The first-order chi connectivity index (χ1) is 16.3. The molecule has 170 valence electrons. The molecule has 1 aliphatic rings. The van der Waals surface area contributed by atoms with E-state index in [-0.39, 0.29) is 16.7 Å². The van der Waals surface area contributed by atoms with Crippen molar-refractivity contribution < 1.29 is 15.0 Å². The lowest BCUT2D eigenvalue weighted by molar-refractivity contribution is 0.0697. The summed E-state index contributed by atoms with van der Waals surface area (Å²) in [6.07, 6.45) is 1.15. The van der Waals surface area contributed by atoms with Gasteiger partial charge in [-0.1, -0.05) is 56.3 Å². The van der Waals surface area contributed by atoms with Gasteiger partial charge in [0.25, 0.3) is 0 Å². The van der Waals surface area contributed by atoms with Crippen molar-refractivity contribution in [3.05, 3.63) is 96.1 Å². The largest absolute Gasteiger partial charge is 0.508 e. The van der Waals surface area contributed by atoms with Crippen LogP contribution in [0, 0.1) is 0 Å². The molecule has 0 unspecified atom stereocenters. The van der Waals surface area contributed by atoms with Crippen molar-refractivity contribution in [3.8, 4) is 39.1 Å². The van der Waals surface area contributed by atoms with E-state index in [1.54, 1.807) is 24.3 Å². The number of aromatic hydroxyl groups is 1. The van der Waals surface area contributed by atoms with Crippen molar-refractivity contribution in [1.29, 1.82) is 0 Å². The number of hydrogen-bond donors (Lipinski definition) is 2. The number of benzene rings is 4. The quantitative estimate of drug-likeness (QED) is 0.321. The van der Waals surface area contributed by atoms with Crippen LogP contribution in [-0.2, 0) is 5.41 Å². The Morgan fingerprint density at radius 2 is 1.41 bits per heavy atom. The Bertz CT molecular complexity index is 1370. The fraction of sp³-hybridized carbons (Fsp3) is 0.167. The van der Waals surface area contributed by atoms with Gasteiger partial charge in [-0.15, -0.1) is 11.8 Å². The van der Waals surface area contributed by atoms with Gasteiger partial charge < -0.3 is 10.2 Å². The van der Waals surface area contributed by atoms with Gasteiger partial charge in [0.05, 0.1) is 5.56 Å². The minimum Gasteiger partial charge on any atom is -0.508 e. The lowest BCUT2D eigenvalue weighted by atomic mass is 9.80. The Hall–Kier alpha value is -3.50. The average molecular weight is 467 g/mol. The van der Waals surface area contributed by atoms with Crippen LogP contribution in [0.25, 0.3) is 33.4 Å². The summed E-state index contributed by atoms with van der Waals surface area (Å²) in [6.45, 7) is 4.63. The predicted molar refractivity (Wildman–Crippen MR) is 140 cm³/mol. The number of rotatable bonds is 4. The summed E-state index contributed by atoms with van der Waals surface area (Å²) < 4.78 is 0. The fourth-order valence-corrected chi connectivity index (χ4v) is 6.05. The second-order valence-corrected chi connectivity index (χ2v) is 10.5. The molecule has 4 aromatic carbocycles. The minimum atomic E-state index is -0.926. The molecule has 0 radical (unpaired) electrons. The summed E-state index contributed by atoms with van der Waals surface area (Å²) in [5.74, 6) is 0.456. The van der Waals surface area contributed by atoms with E-state index in [0.29, 0.717) is 0 Å². The van der Waals surface area contributed by atoms with E-state index >= 15 is 0 Å². The molecule has 0 aliphatic carbocycles. The molecule has 1 aliphatic heterocycles. The molecule has 0 saturated carbocycles. The highest BCUT2D eigenvalue weighted by atomic mass is 32.2. The van der Waals surface area contributed by atoms with Crippen molar-refractivity contribution in [2.24, 2.45) is 0 Å². The van der Waals surface area contributed by atoms with Gasteiger partial charge >= 0.3 is 5.97 Å². The zero-order chi connectivity index (χ0) is 23.9. The van der Waals surface area contributed by atoms with Crippen LogP contribution in [-0.4, -0.2) is 21.9 Å². The Balaban J connectivity index is 1.68. The molecule has 0 aromatic heterocycles. The molecule has 34 heavy (non-hydrogen) atoms. The molecule has 5 rings (SSSR count). The van der Waals surface area contributed by atoms with Crippen LogP contribution in [0.5, 0.6) is 5.75 Å². The lowest BCUT2D eigenvalue weighted by Crippen LogP contribution is -2.22. The van der Waals surface area contributed by atoms with Crippen molar-refractivity contribution in [2.75, 3.05) is 5.75 Å². The summed E-state index contributed by atoms with van der Waals surface area (Å²) in [4.78, 5) is 12.6. The topological polar surface area (TPSA) is 57.5 Å². The SMILES string of the molecule is CC1(C)CCSc2ccc(-c3cc(-c4ccc(C(=O)O)cc4)ccc3-c3ccc(O)cc3)cc21. The van der Waals surface area contributed by atoms with Crippen LogP contribution in [0.15, 0.2) is 89.8 Å². The Kier molecular flexibility index (Phi) is 5.70. The third-order valence-electron chi connectivity index (χ3n) is 6.67. The monoisotopic (exact) mass is 466 g/mol. The Morgan fingerprint density at radius 1 is 0.765 bits per heavy atom. The number of phenols is 1. The van der Waals surface area contributed by atoms with Crippen molar-refractivity contribution in [1.82, 2.24) is 0 Å². The first kappa shape index (κ1) is 22.3.